The second-order valence-corrected chi connectivity index (χ2v) is 9.90. The Morgan fingerprint density at radius 3 is 2.34 bits per heavy atom. The Morgan fingerprint density at radius 2 is 1.71 bits per heavy atom. The molecule has 4 rings (SSSR count). The highest BCUT2D eigenvalue weighted by atomic mass is 32.2. The third kappa shape index (κ3) is 5.12. The lowest BCUT2D eigenvalue weighted by Crippen LogP contribution is -2.39. The molecule has 0 saturated heterocycles. The minimum atomic E-state index is -3.68. The first-order valence-corrected chi connectivity index (χ1v) is 12.6. The van der Waals surface area contributed by atoms with E-state index in [0.29, 0.717) is 39.6 Å². The summed E-state index contributed by atoms with van der Waals surface area (Å²) >= 11 is 0. The fourth-order valence-corrected chi connectivity index (χ4v) is 4.64. The highest BCUT2D eigenvalue weighted by Gasteiger charge is 2.28. The summed E-state index contributed by atoms with van der Waals surface area (Å²) in [5, 5.41) is 8.62. The Kier molecular flexibility index (Phi) is 6.48. The van der Waals surface area contributed by atoms with Gasteiger partial charge in [-0.05, 0) is 48.0 Å². The van der Waals surface area contributed by atoms with Gasteiger partial charge in [-0.3, -0.25) is 13.9 Å². The molecule has 3 aromatic carbocycles. The smallest absolute Gasteiger partial charge is 0.258 e. The standard InChI is InChI=1S/C25H25N5O4S/c1-27-22(31)15-30(35(2,33)34)19-11-9-18(10-12-19)28-24(16-6-4-3-5-7-16)23-20-14-17(26)8-13-21(20)29-25(23)32/h3-14,28H,15,26H2,1-2H3,(H,27,31)(H,29,32). The molecule has 1 aliphatic rings. The molecule has 0 fully saturated rings. The maximum absolute atomic E-state index is 13.0. The Hall–Kier alpha value is -4.31. The van der Waals surface area contributed by atoms with Crippen molar-refractivity contribution < 1.29 is 18.0 Å². The van der Waals surface area contributed by atoms with Gasteiger partial charge in [0.05, 0.1) is 23.2 Å². The molecule has 3 aromatic rings. The Morgan fingerprint density at radius 1 is 1.03 bits per heavy atom. The number of nitrogens with two attached hydrogens (primary N) is 1. The normalized spacial score (nSPS) is 14.1. The fourth-order valence-electron chi connectivity index (χ4n) is 3.78. The van der Waals surface area contributed by atoms with E-state index >= 15 is 0 Å². The van der Waals surface area contributed by atoms with Crippen LogP contribution in [0.2, 0.25) is 0 Å². The van der Waals surface area contributed by atoms with Crippen LogP contribution < -0.4 is 26.0 Å². The van der Waals surface area contributed by atoms with Gasteiger partial charge in [-0.2, -0.15) is 0 Å². The average molecular weight is 492 g/mol. The number of nitrogens with one attached hydrogen (secondary N) is 3. The maximum Gasteiger partial charge on any atom is 0.258 e. The zero-order chi connectivity index (χ0) is 25.2. The predicted molar refractivity (Wildman–Crippen MR) is 139 cm³/mol. The van der Waals surface area contributed by atoms with E-state index < -0.39 is 15.9 Å². The largest absolute Gasteiger partial charge is 0.399 e. The quantitative estimate of drug-likeness (QED) is 0.297. The Balaban J connectivity index is 1.75. The molecule has 1 heterocycles. The van der Waals surface area contributed by atoms with Crippen molar-refractivity contribution in [3.63, 3.8) is 0 Å². The molecule has 0 atom stereocenters. The number of hydrogen-bond acceptors (Lipinski definition) is 6. The second-order valence-electron chi connectivity index (χ2n) is 7.99. The summed E-state index contributed by atoms with van der Waals surface area (Å²) in [6.45, 7) is -0.334. The molecule has 0 aliphatic carbocycles. The van der Waals surface area contributed by atoms with Gasteiger partial charge in [0.25, 0.3) is 5.91 Å². The van der Waals surface area contributed by atoms with Crippen LogP contribution in [-0.4, -0.2) is 40.1 Å². The fraction of sp³-hybridized carbons (Fsp3) is 0.120. The van der Waals surface area contributed by atoms with E-state index in [1.165, 1.54) is 7.05 Å². The van der Waals surface area contributed by atoms with Gasteiger partial charge < -0.3 is 21.7 Å². The number of fused-ring (bicyclic) bond motifs is 1. The Bertz CT molecular complexity index is 1420. The van der Waals surface area contributed by atoms with Gasteiger partial charge in [0.15, 0.2) is 0 Å². The van der Waals surface area contributed by atoms with Crippen LogP contribution >= 0.6 is 0 Å². The number of nitrogen functional groups attached to an aromatic ring is 1. The van der Waals surface area contributed by atoms with E-state index in [0.717, 1.165) is 16.1 Å². The number of likely N-dealkylation sites (N-methyl/N-ethyl adjacent to an activating group) is 1. The van der Waals surface area contributed by atoms with E-state index in [4.69, 9.17) is 5.73 Å². The van der Waals surface area contributed by atoms with Crippen molar-refractivity contribution in [1.82, 2.24) is 5.32 Å². The van der Waals surface area contributed by atoms with Gasteiger partial charge in [-0.15, -0.1) is 0 Å². The molecule has 0 bridgehead atoms. The minimum Gasteiger partial charge on any atom is -0.399 e. The number of amides is 2. The topological polar surface area (TPSA) is 134 Å². The third-order valence-corrected chi connectivity index (χ3v) is 6.63. The molecule has 35 heavy (non-hydrogen) atoms. The number of carbonyl (C=O) groups is 2. The number of sulfonamides is 1. The lowest BCUT2D eigenvalue weighted by atomic mass is 9.99. The molecule has 0 spiro atoms. The lowest BCUT2D eigenvalue weighted by Gasteiger charge is -2.22. The summed E-state index contributed by atoms with van der Waals surface area (Å²) in [5.74, 6) is -0.693. The summed E-state index contributed by atoms with van der Waals surface area (Å²) in [6, 6.07) is 21.2. The molecule has 180 valence electrons. The van der Waals surface area contributed by atoms with Crippen LogP contribution in [0.4, 0.5) is 22.7 Å². The van der Waals surface area contributed by atoms with Crippen LogP contribution in [0.15, 0.2) is 72.8 Å². The minimum absolute atomic E-state index is 0.262. The number of rotatable bonds is 7. The van der Waals surface area contributed by atoms with E-state index in [2.05, 4.69) is 16.0 Å². The van der Waals surface area contributed by atoms with Crippen molar-refractivity contribution in [2.75, 3.05) is 40.5 Å². The van der Waals surface area contributed by atoms with Crippen LogP contribution in [0.1, 0.15) is 11.1 Å². The number of nitrogens with zero attached hydrogens (tertiary/aromatic N) is 1. The molecule has 0 aromatic heterocycles. The monoisotopic (exact) mass is 491 g/mol. The number of anilines is 4. The van der Waals surface area contributed by atoms with Gasteiger partial charge in [-0.1, -0.05) is 30.3 Å². The first kappa shape index (κ1) is 23.8. The van der Waals surface area contributed by atoms with E-state index in [1.807, 2.05) is 30.3 Å². The van der Waals surface area contributed by atoms with Crippen molar-refractivity contribution in [3.8, 4) is 0 Å². The van der Waals surface area contributed by atoms with Crippen molar-refractivity contribution in [2.24, 2.45) is 0 Å². The van der Waals surface area contributed by atoms with Crippen LogP contribution in [0.5, 0.6) is 0 Å². The summed E-state index contributed by atoms with van der Waals surface area (Å²) in [7, 11) is -2.24. The summed E-state index contributed by atoms with van der Waals surface area (Å²) in [6.07, 6.45) is 1.04. The summed E-state index contributed by atoms with van der Waals surface area (Å²) in [5.41, 5.74) is 10.6. The molecule has 9 nitrogen and oxygen atoms in total. The van der Waals surface area contributed by atoms with Gasteiger partial charge in [-0.25, -0.2) is 8.42 Å². The van der Waals surface area contributed by atoms with Crippen molar-refractivity contribution in [1.29, 1.82) is 0 Å². The highest BCUT2D eigenvalue weighted by molar-refractivity contribution is 7.92. The van der Waals surface area contributed by atoms with Gasteiger partial charge >= 0.3 is 0 Å². The SMILES string of the molecule is CNC(=O)CN(c1ccc(NC(=C2C(=O)Nc3ccc(N)cc32)c2ccccc2)cc1)S(C)(=O)=O. The zero-order valence-corrected chi connectivity index (χ0v) is 20.0. The van der Waals surface area contributed by atoms with E-state index in [-0.39, 0.29) is 12.5 Å². The molecule has 0 radical (unpaired) electrons. The number of hydrogen-bond donors (Lipinski definition) is 4. The molecule has 1 aliphatic heterocycles. The molecule has 5 N–H and O–H groups in total. The summed E-state index contributed by atoms with van der Waals surface area (Å²) in [4.78, 5) is 24.8. The third-order valence-electron chi connectivity index (χ3n) is 5.49. The maximum atomic E-state index is 13.0. The first-order chi connectivity index (χ1) is 16.7. The predicted octanol–water partition coefficient (Wildman–Crippen LogP) is 2.71. The Labute approximate surface area is 203 Å². The zero-order valence-electron chi connectivity index (χ0n) is 19.2. The van der Waals surface area contributed by atoms with E-state index in [1.54, 1.807) is 42.5 Å². The number of benzene rings is 3. The molecular formula is C25H25N5O4S. The van der Waals surface area contributed by atoms with Gasteiger partial charge in [0.2, 0.25) is 15.9 Å². The first-order valence-electron chi connectivity index (χ1n) is 10.7. The van der Waals surface area contributed by atoms with Crippen LogP contribution in [0.25, 0.3) is 11.3 Å². The molecule has 10 heteroatoms. The van der Waals surface area contributed by atoms with Crippen LogP contribution in [-0.2, 0) is 19.6 Å². The van der Waals surface area contributed by atoms with Crippen molar-refractivity contribution in [2.45, 2.75) is 0 Å². The molecule has 0 unspecified atom stereocenters. The molecular weight excluding hydrogens is 466 g/mol. The molecule has 2 amide bonds. The average Bonchev–Trinajstić information content (AvgIpc) is 3.16. The van der Waals surface area contributed by atoms with Gasteiger partial charge in [0, 0.05) is 29.7 Å². The van der Waals surface area contributed by atoms with Crippen molar-refractivity contribution in [3.05, 3.63) is 83.9 Å². The number of carbonyl (C=O) groups excluding carboxylic acids is 2. The van der Waals surface area contributed by atoms with Crippen molar-refractivity contribution >= 4 is 55.9 Å². The van der Waals surface area contributed by atoms with Gasteiger partial charge in [0.1, 0.15) is 6.54 Å². The van der Waals surface area contributed by atoms with E-state index in [9.17, 15) is 18.0 Å². The lowest BCUT2D eigenvalue weighted by molar-refractivity contribution is -0.119. The highest BCUT2D eigenvalue weighted by Crippen LogP contribution is 2.38. The summed E-state index contributed by atoms with van der Waals surface area (Å²) < 4.78 is 25.5. The van der Waals surface area contributed by atoms with Crippen LogP contribution in [0, 0.1) is 0 Å². The second kappa shape index (κ2) is 9.51. The van der Waals surface area contributed by atoms with Crippen LogP contribution in [0.3, 0.4) is 0 Å². The molecule has 0 saturated carbocycles.